The third-order valence-electron chi connectivity index (χ3n) is 3.77. The van der Waals surface area contributed by atoms with E-state index in [-0.39, 0.29) is 5.69 Å². The SMILES string of the molecule is CN(C(=O)OC(C)(C)C)c1cc(F)c([C@H](C[N+](=O)[O-])C(C(=O)O)C(=O)O)c(F)c1. The number of hydrogen-bond donors (Lipinski definition) is 2. The van der Waals surface area contributed by atoms with Crippen molar-refractivity contribution in [3.63, 3.8) is 0 Å². The molecule has 0 aromatic heterocycles. The lowest BCUT2D eigenvalue weighted by Gasteiger charge is -2.25. The van der Waals surface area contributed by atoms with Crippen LogP contribution in [0.3, 0.4) is 0 Å². The van der Waals surface area contributed by atoms with E-state index in [4.69, 9.17) is 14.9 Å². The van der Waals surface area contributed by atoms with Gasteiger partial charge in [0.25, 0.3) is 0 Å². The van der Waals surface area contributed by atoms with Gasteiger partial charge in [-0.3, -0.25) is 24.6 Å². The third-order valence-corrected chi connectivity index (χ3v) is 3.77. The summed E-state index contributed by atoms with van der Waals surface area (Å²) in [5, 5.41) is 29.0. The number of aliphatic carboxylic acids is 2. The molecule has 2 N–H and O–H groups in total. The van der Waals surface area contributed by atoms with E-state index in [2.05, 4.69) is 0 Å². The van der Waals surface area contributed by atoms with Gasteiger partial charge in [-0.2, -0.15) is 0 Å². The van der Waals surface area contributed by atoms with Crippen molar-refractivity contribution < 1.29 is 43.0 Å². The van der Waals surface area contributed by atoms with E-state index in [0.29, 0.717) is 12.1 Å². The van der Waals surface area contributed by atoms with Gasteiger partial charge in [0.1, 0.15) is 17.2 Å². The normalized spacial score (nSPS) is 12.4. The Morgan fingerprint density at radius 2 is 1.62 bits per heavy atom. The van der Waals surface area contributed by atoms with Crippen LogP contribution >= 0.6 is 0 Å². The molecule has 1 amide bonds. The Kier molecular flexibility index (Phi) is 7.20. The highest BCUT2D eigenvalue weighted by atomic mass is 19.1. The van der Waals surface area contributed by atoms with E-state index in [1.165, 1.54) is 0 Å². The molecule has 0 fully saturated rings. The Morgan fingerprint density at radius 1 is 1.17 bits per heavy atom. The van der Waals surface area contributed by atoms with Gasteiger partial charge < -0.3 is 14.9 Å². The highest BCUT2D eigenvalue weighted by Crippen LogP contribution is 2.33. The lowest BCUT2D eigenvalue weighted by Crippen LogP contribution is -2.35. The van der Waals surface area contributed by atoms with Crippen molar-refractivity contribution in [3.8, 4) is 0 Å². The summed E-state index contributed by atoms with van der Waals surface area (Å²) in [7, 11) is 1.16. The number of rotatable bonds is 7. The van der Waals surface area contributed by atoms with E-state index in [9.17, 15) is 33.3 Å². The molecular formula is C17H20F2N2O8. The van der Waals surface area contributed by atoms with Crippen LogP contribution in [0.1, 0.15) is 32.3 Å². The number of hydrogen-bond acceptors (Lipinski definition) is 6. The van der Waals surface area contributed by atoms with Gasteiger partial charge in [-0.1, -0.05) is 0 Å². The smallest absolute Gasteiger partial charge is 0.414 e. The van der Waals surface area contributed by atoms with Crippen molar-refractivity contribution in [2.75, 3.05) is 18.5 Å². The largest absolute Gasteiger partial charge is 0.481 e. The third kappa shape index (κ3) is 6.09. The topological polar surface area (TPSA) is 147 Å². The summed E-state index contributed by atoms with van der Waals surface area (Å²) in [4.78, 5) is 45.1. The number of carboxylic acids is 2. The highest BCUT2D eigenvalue weighted by molar-refractivity contribution is 5.94. The molecule has 1 rings (SSSR count). The van der Waals surface area contributed by atoms with E-state index in [1.807, 2.05) is 0 Å². The number of amides is 1. The van der Waals surface area contributed by atoms with Crippen molar-refractivity contribution in [2.45, 2.75) is 32.3 Å². The monoisotopic (exact) mass is 418 g/mol. The van der Waals surface area contributed by atoms with E-state index >= 15 is 0 Å². The van der Waals surface area contributed by atoms with Crippen molar-refractivity contribution >= 4 is 23.7 Å². The fraction of sp³-hybridized carbons (Fsp3) is 0.471. The number of ether oxygens (including phenoxy) is 1. The molecule has 0 unspecified atom stereocenters. The van der Waals surface area contributed by atoms with Crippen LogP contribution in [0, 0.1) is 27.7 Å². The van der Waals surface area contributed by atoms with Gasteiger partial charge in [0.2, 0.25) is 6.54 Å². The summed E-state index contributed by atoms with van der Waals surface area (Å²) < 4.78 is 34.3. The summed E-state index contributed by atoms with van der Waals surface area (Å²) >= 11 is 0. The van der Waals surface area contributed by atoms with Gasteiger partial charge in [0, 0.05) is 17.5 Å². The van der Waals surface area contributed by atoms with E-state index < -0.39 is 64.1 Å². The Balaban J connectivity index is 3.45. The van der Waals surface area contributed by atoms with Gasteiger partial charge >= 0.3 is 18.0 Å². The zero-order valence-corrected chi connectivity index (χ0v) is 16.0. The van der Waals surface area contributed by atoms with Crippen LogP contribution in [0.15, 0.2) is 12.1 Å². The van der Waals surface area contributed by atoms with Gasteiger partial charge in [-0.25, -0.2) is 13.6 Å². The Hall–Kier alpha value is -3.31. The van der Waals surface area contributed by atoms with Crippen LogP contribution < -0.4 is 4.90 Å². The molecule has 0 saturated heterocycles. The van der Waals surface area contributed by atoms with Gasteiger partial charge in [0.15, 0.2) is 5.92 Å². The molecule has 10 nitrogen and oxygen atoms in total. The fourth-order valence-corrected chi connectivity index (χ4v) is 2.53. The van der Waals surface area contributed by atoms with Crippen LogP contribution in [0.5, 0.6) is 0 Å². The highest BCUT2D eigenvalue weighted by Gasteiger charge is 2.42. The Bertz CT molecular complexity index is 800. The average Bonchev–Trinajstić information content (AvgIpc) is 2.50. The molecule has 160 valence electrons. The molecule has 0 saturated carbocycles. The van der Waals surface area contributed by atoms with Crippen LogP contribution in [0.2, 0.25) is 0 Å². The Morgan fingerprint density at radius 3 is 1.97 bits per heavy atom. The van der Waals surface area contributed by atoms with Crippen molar-refractivity contribution in [3.05, 3.63) is 39.4 Å². The molecular weight excluding hydrogens is 398 g/mol. The van der Waals surface area contributed by atoms with Crippen molar-refractivity contribution in [1.29, 1.82) is 0 Å². The molecule has 0 aliphatic rings. The standard InChI is InChI=1S/C17H20F2N2O8/c1-17(2,3)29-16(26)20(4)8-5-10(18)12(11(19)6-8)9(7-21(27)28)13(14(22)23)15(24)25/h5-6,9,13H,7H2,1-4H3,(H,22,23)(H,24,25)/t9-/m0/s1. The molecule has 1 atom stereocenters. The van der Waals surface area contributed by atoms with Gasteiger partial charge in [-0.15, -0.1) is 0 Å². The number of nitro groups is 1. The quantitative estimate of drug-likeness (QED) is 0.390. The molecule has 0 spiro atoms. The number of halogens is 2. The average molecular weight is 418 g/mol. The molecule has 1 aromatic rings. The molecule has 1 aromatic carbocycles. The minimum Gasteiger partial charge on any atom is -0.481 e. The molecule has 0 aliphatic carbocycles. The second kappa shape index (κ2) is 8.80. The van der Waals surface area contributed by atoms with Crippen LogP contribution in [0.25, 0.3) is 0 Å². The molecule has 0 bridgehead atoms. The molecule has 0 radical (unpaired) electrons. The maximum Gasteiger partial charge on any atom is 0.414 e. The first kappa shape index (κ1) is 23.7. The predicted molar refractivity (Wildman–Crippen MR) is 94.4 cm³/mol. The van der Waals surface area contributed by atoms with E-state index in [1.54, 1.807) is 20.8 Å². The molecule has 29 heavy (non-hydrogen) atoms. The molecule has 0 heterocycles. The minimum atomic E-state index is -2.46. The van der Waals surface area contributed by atoms with Gasteiger partial charge in [0.05, 0.1) is 11.6 Å². The lowest BCUT2D eigenvalue weighted by atomic mass is 9.85. The number of anilines is 1. The number of benzene rings is 1. The summed E-state index contributed by atoms with van der Waals surface area (Å²) in [6.45, 7) is 3.38. The predicted octanol–water partition coefficient (Wildman–Crippen LogP) is 2.48. The molecule has 0 aliphatic heterocycles. The second-order valence-electron chi connectivity index (χ2n) is 7.14. The number of carbonyl (C=O) groups is 3. The minimum absolute atomic E-state index is 0.319. The first-order chi connectivity index (χ1) is 13.2. The van der Waals surface area contributed by atoms with Crippen molar-refractivity contribution in [1.82, 2.24) is 0 Å². The van der Waals surface area contributed by atoms with Crippen LogP contribution in [0.4, 0.5) is 19.3 Å². The van der Waals surface area contributed by atoms with Crippen molar-refractivity contribution in [2.24, 2.45) is 5.92 Å². The maximum atomic E-state index is 14.6. The Labute approximate surface area is 163 Å². The second-order valence-corrected chi connectivity index (χ2v) is 7.14. The summed E-state index contributed by atoms with van der Waals surface area (Å²) in [6, 6.07) is 1.27. The number of carbonyl (C=O) groups excluding carboxylic acids is 1. The zero-order valence-electron chi connectivity index (χ0n) is 16.0. The van der Waals surface area contributed by atoms with Crippen LogP contribution in [-0.4, -0.2) is 52.4 Å². The lowest BCUT2D eigenvalue weighted by molar-refractivity contribution is -0.484. The number of nitrogens with zero attached hydrogens (tertiary/aromatic N) is 2. The molecule has 12 heteroatoms. The van der Waals surface area contributed by atoms with E-state index in [0.717, 1.165) is 11.9 Å². The summed E-state index contributed by atoms with van der Waals surface area (Å²) in [5.41, 5.74) is -2.28. The zero-order chi connectivity index (χ0) is 22.7. The first-order valence-corrected chi connectivity index (χ1v) is 8.18. The summed E-state index contributed by atoms with van der Waals surface area (Å²) in [5.74, 6) is -11.4. The number of carboxylic acid groups (broad SMARTS) is 2. The maximum absolute atomic E-state index is 14.6. The summed E-state index contributed by atoms with van der Waals surface area (Å²) in [6.07, 6.45) is -0.945. The van der Waals surface area contributed by atoms with Gasteiger partial charge in [-0.05, 0) is 32.9 Å². The fourth-order valence-electron chi connectivity index (χ4n) is 2.53. The first-order valence-electron chi connectivity index (χ1n) is 8.18. The van der Waals surface area contributed by atoms with Crippen LogP contribution in [-0.2, 0) is 14.3 Å².